The van der Waals surface area contributed by atoms with Crippen molar-refractivity contribution in [3.05, 3.63) is 72.8 Å². The number of pyridine rings is 1. The van der Waals surface area contributed by atoms with Crippen molar-refractivity contribution in [3.63, 3.8) is 0 Å². The van der Waals surface area contributed by atoms with Crippen LogP contribution in [0.5, 0.6) is 0 Å². The lowest BCUT2D eigenvalue weighted by Crippen LogP contribution is -2.19. The van der Waals surface area contributed by atoms with Gasteiger partial charge in [0, 0.05) is 37.2 Å². The minimum Gasteiger partial charge on any atom is -0.311 e. The van der Waals surface area contributed by atoms with Crippen LogP contribution in [0.4, 0.5) is 0 Å². The van der Waals surface area contributed by atoms with Crippen molar-refractivity contribution < 1.29 is 0 Å². The molecule has 0 saturated heterocycles. The highest BCUT2D eigenvalue weighted by molar-refractivity contribution is 5.61. The fraction of sp³-hybridized carbons (Fsp3) is 0.176. The van der Waals surface area contributed by atoms with Gasteiger partial charge in [-0.05, 0) is 17.2 Å². The van der Waals surface area contributed by atoms with Gasteiger partial charge in [-0.2, -0.15) is 5.10 Å². The van der Waals surface area contributed by atoms with E-state index in [1.54, 1.807) is 6.20 Å². The first-order valence-electron chi connectivity index (χ1n) is 7.09. The molecule has 0 fully saturated rings. The Morgan fingerprint density at radius 2 is 1.86 bits per heavy atom. The summed E-state index contributed by atoms with van der Waals surface area (Å²) >= 11 is 0. The molecular formula is C17H18N4. The molecule has 0 bridgehead atoms. The van der Waals surface area contributed by atoms with E-state index >= 15 is 0 Å². The molecule has 0 spiro atoms. The maximum Gasteiger partial charge on any atom is 0.0568 e. The number of nitrogens with zero attached hydrogens (tertiary/aromatic N) is 3. The van der Waals surface area contributed by atoms with Gasteiger partial charge in [-0.25, -0.2) is 0 Å². The molecule has 4 heteroatoms. The van der Waals surface area contributed by atoms with Crippen LogP contribution in [0.3, 0.4) is 0 Å². The molecule has 2 aromatic heterocycles. The number of rotatable bonds is 6. The van der Waals surface area contributed by atoms with Gasteiger partial charge in [0.1, 0.15) is 0 Å². The van der Waals surface area contributed by atoms with Crippen molar-refractivity contribution in [2.24, 2.45) is 0 Å². The van der Waals surface area contributed by atoms with Gasteiger partial charge >= 0.3 is 0 Å². The second kappa shape index (κ2) is 6.81. The average Bonchev–Trinajstić information content (AvgIpc) is 3.02. The Balaban J connectivity index is 1.49. The second-order valence-corrected chi connectivity index (χ2v) is 4.90. The van der Waals surface area contributed by atoms with E-state index in [0.29, 0.717) is 0 Å². The van der Waals surface area contributed by atoms with Gasteiger partial charge in [-0.1, -0.05) is 36.4 Å². The van der Waals surface area contributed by atoms with Gasteiger partial charge in [0.2, 0.25) is 0 Å². The Bertz CT molecular complexity index is 662. The van der Waals surface area contributed by atoms with Crippen LogP contribution in [0.15, 0.2) is 67.3 Å². The molecule has 21 heavy (non-hydrogen) atoms. The van der Waals surface area contributed by atoms with Crippen LogP contribution in [0.25, 0.3) is 11.1 Å². The molecule has 0 amide bonds. The monoisotopic (exact) mass is 278 g/mol. The topological polar surface area (TPSA) is 42.7 Å². The molecule has 1 aromatic carbocycles. The van der Waals surface area contributed by atoms with Crippen molar-refractivity contribution in [2.75, 3.05) is 6.54 Å². The Kier molecular flexibility index (Phi) is 4.39. The first-order valence-corrected chi connectivity index (χ1v) is 7.09. The van der Waals surface area contributed by atoms with Crippen molar-refractivity contribution in [2.45, 2.75) is 13.1 Å². The van der Waals surface area contributed by atoms with Crippen LogP contribution >= 0.6 is 0 Å². The minimum absolute atomic E-state index is 0.834. The highest BCUT2D eigenvalue weighted by Crippen LogP contribution is 2.17. The normalized spacial score (nSPS) is 10.7. The predicted octanol–water partition coefficient (Wildman–Crippen LogP) is 2.73. The summed E-state index contributed by atoms with van der Waals surface area (Å²) < 4.78 is 1.97. The van der Waals surface area contributed by atoms with Crippen LogP contribution in [-0.4, -0.2) is 21.3 Å². The molecular weight excluding hydrogens is 260 g/mol. The Labute approximate surface area is 124 Å². The molecule has 0 unspecified atom stereocenters. The number of hydrogen-bond acceptors (Lipinski definition) is 3. The van der Waals surface area contributed by atoms with Gasteiger partial charge in [-0.15, -0.1) is 0 Å². The summed E-state index contributed by atoms with van der Waals surface area (Å²) in [5.41, 5.74) is 3.55. The summed E-state index contributed by atoms with van der Waals surface area (Å²) in [5, 5.41) is 7.80. The molecule has 3 rings (SSSR count). The van der Waals surface area contributed by atoms with Crippen LogP contribution in [0, 0.1) is 0 Å². The van der Waals surface area contributed by atoms with E-state index in [1.165, 1.54) is 11.1 Å². The highest BCUT2D eigenvalue weighted by atomic mass is 15.3. The molecule has 0 saturated carbocycles. The molecule has 2 heterocycles. The van der Waals surface area contributed by atoms with Crippen LogP contribution in [0.1, 0.15) is 5.56 Å². The molecule has 4 nitrogen and oxygen atoms in total. The smallest absolute Gasteiger partial charge is 0.0568 e. The van der Waals surface area contributed by atoms with Gasteiger partial charge in [0.25, 0.3) is 0 Å². The SMILES string of the molecule is c1ccc(-c2cnn(CCNCc3cccnc3)c2)cc1. The highest BCUT2D eigenvalue weighted by Gasteiger charge is 2.00. The van der Waals surface area contributed by atoms with Crippen LogP contribution in [0.2, 0.25) is 0 Å². The molecule has 0 aliphatic rings. The Hall–Kier alpha value is -2.46. The zero-order chi connectivity index (χ0) is 14.3. The van der Waals surface area contributed by atoms with Crippen molar-refractivity contribution in [1.29, 1.82) is 0 Å². The Morgan fingerprint density at radius 1 is 0.952 bits per heavy atom. The third-order valence-electron chi connectivity index (χ3n) is 3.31. The number of aromatic nitrogens is 3. The van der Waals surface area contributed by atoms with Gasteiger partial charge in [0.15, 0.2) is 0 Å². The van der Waals surface area contributed by atoms with E-state index < -0.39 is 0 Å². The molecule has 1 N–H and O–H groups in total. The van der Waals surface area contributed by atoms with Crippen molar-refractivity contribution in [1.82, 2.24) is 20.1 Å². The zero-order valence-corrected chi connectivity index (χ0v) is 11.8. The zero-order valence-electron chi connectivity index (χ0n) is 11.8. The van der Waals surface area contributed by atoms with E-state index in [0.717, 1.165) is 25.2 Å². The lowest BCUT2D eigenvalue weighted by molar-refractivity contribution is 0.554. The lowest BCUT2D eigenvalue weighted by Gasteiger charge is -2.04. The Morgan fingerprint density at radius 3 is 2.67 bits per heavy atom. The first kappa shape index (κ1) is 13.5. The molecule has 0 aliphatic carbocycles. The first-order chi connectivity index (χ1) is 10.4. The fourth-order valence-electron chi connectivity index (χ4n) is 2.19. The number of hydrogen-bond donors (Lipinski definition) is 1. The standard InChI is InChI=1S/C17H18N4/c1-2-6-16(7-3-1)17-13-20-21(14-17)10-9-19-12-15-5-4-8-18-11-15/h1-8,11,13-14,19H,9-10,12H2. The maximum atomic E-state index is 4.40. The number of nitrogens with one attached hydrogen (secondary N) is 1. The van der Waals surface area contributed by atoms with E-state index in [9.17, 15) is 0 Å². The van der Waals surface area contributed by atoms with Crippen LogP contribution in [-0.2, 0) is 13.1 Å². The molecule has 3 aromatic rings. The van der Waals surface area contributed by atoms with Gasteiger partial charge in [0.05, 0.1) is 12.7 Å². The fourth-order valence-corrected chi connectivity index (χ4v) is 2.19. The summed E-state index contributed by atoms with van der Waals surface area (Å²) in [5.74, 6) is 0. The van der Waals surface area contributed by atoms with Gasteiger partial charge in [-0.3, -0.25) is 9.67 Å². The van der Waals surface area contributed by atoms with E-state index in [1.807, 2.05) is 41.3 Å². The van der Waals surface area contributed by atoms with Crippen molar-refractivity contribution >= 4 is 0 Å². The van der Waals surface area contributed by atoms with Crippen molar-refractivity contribution in [3.8, 4) is 11.1 Å². The second-order valence-electron chi connectivity index (χ2n) is 4.90. The summed E-state index contributed by atoms with van der Waals surface area (Å²) in [6.07, 6.45) is 7.67. The van der Waals surface area contributed by atoms with E-state index in [4.69, 9.17) is 0 Å². The van der Waals surface area contributed by atoms with E-state index in [2.05, 4.69) is 39.8 Å². The third kappa shape index (κ3) is 3.77. The number of benzene rings is 1. The molecule has 0 radical (unpaired) electrons. The van der Waals surface area contributed by atoms with E-state index in [-0.39, 0.29) is 0 Å². The quantitative estimate of drug-likeness (QED) is 0.705. The van der Waals surface area contributed by atoms with Gasteiger partial charge < -0.3 is 5.32 Å². The minimum atomic E-state index is 0.834. The van der Waals surface area contributed by atoms with Crippen LogP contribution < -0.4 is 5.32 Å². The summed E-state index contributed by atoms with van der Waals surface area (Å²) in [7, 11) is 0. The summed E-state index contributed by atoms with van der Waals surface area (Å²) in [4.78, 5) is 4.10. The summed E-state index contributed by atoms with van der Waals surface area (Å²) in [6.45, 7) is 2.57. The largest absolute Gasteiger partial charge is 0.311 e. The average molecular weight is 278 g/mol. The maximum absolute atomic E-state index is 4.40. The molecule has 0 aliphatic heterocycles. The molecule has 106 valence electrons. The molecule has 0 atom stereocenters. The summed E-state index contributed by atoms with van der Waals surface area (Å²) in [6, 6.07) is 14.3. The third-order valence-corrected chi connectivity index (χ3v) is 3.31. The lowest BCUT2D eigenvalue weighted by atomic mass is 10.1. The predicted molar refractivity (Wildman–Crippen MR) is 83.6 cm³/mol.